The lowest BCUT2D eigenvalue weighted by Crippen LogP contribution is -2.13. The van der Waals surface area contributed by atoms with Crippen molar-refractivity contribution < 1.29 is 4.79 Å². The molecule has 0 aliphatic carbocycles. The van der Waals surface area contributed by atoms with Crippen molar-refractivity contribution in [2.24, 2.45) is 0 Å². The molecule has 3 aromatic rings. The van der Waals surface area contributed by atoms with Crippen molar-refractivity contribution in [3.8, 4) is 5.13 Å². The molecule has 0 aliphatic rings. The van der Waals surface area contributed by atoms with Gasteiger partial charge in [-0.3, -0.25) is 4.79 Å². The van der Waals surface area contributed by atoms with Gasteiger partial charge in [-0.25, -0.2) is 4.98 Å². The number of nitrogens with zero attached hydrogens (tertiary/aromatic N) is 2. The predicted octanol–water partition coefficient (Wildman–Crippen LogP) is 4.26. The van der Waals surface area contributed by atoms with E-state index in [1.54, 1.807) is 5.38 Å². The summed E-state index contributed by atoms with van der Waals surface area (Å²) in [6.07, 6.45) is 3.80. The van der Waals surface area contributed by atoms with Crippen molar-refractivity contribution in [2.75, 3.05) is 5.32 Å². The fourth-order valence-electron chi connectivity index (χ4n) is 1.90. The summed E-state index contributed by atoms with van der Waals surface area (Å²) in [4.78, 5) is 16.6. The van der Waals surface area contributed by atoms with Crippen molar-refractivity contribution in [2.45, 2.75) is 6.92 Å². The Morgan fingerprint density at radius 3 is 2.81 bits per heavy atom. The number of aryl methyl sites for hydroxylation is 1. The molecule has 0 atom stereocenters. The number of anilines is 1. The van der Waals surface area contributed by atoms with E-state index in [0.29, 0.717) is 5.69 Å². The molecule has 3 rings (SSSR count). The van der Waals surface area contributed by atoms with Crippen molar-refractivity contribution in [1.82, 2.24) is 9.55 Å². The van der Waals surface area contributed by atoms with E-state index < -0.39 is 0 Å². The van der Waals surface area contributed by atoms with Gasteiger partial charge in [-0.1, -0.05) is 15.9 Å². The average Bonchev–Trinajstić information content (AvgIpc) is 3.10. The van der Waals surface area contributed by atoms with Crippen LogP contribution in [0.1, 0.15) is 16.1 Å². The number of rotatable bonds is 3. The van der Waals surface area contributed by atoms with E-state index in [1.165, 1.54) is 11.3 Å². The minimum atomic E-state index is -0.199. The third-order valence-electron chi connectivity index (χ3n) is 2.99. The largest absolute Gasteiger partial charge is 0.320 e. The van der Waals surface area contributed by atoms with E-state index in [-0.39, 0.29) is 5.91 Å². The van der Waals surface area contributed by atoms with Crippen LogP contribution in [0.15, 0.2) is 52.6 Å². The minimum absolute atomic E-state index is 0.199. The highest BCUT2D eigenvalue weighted by Gasteiger charge is 2.12. The number of amides is 1. The Morgan fingerprint density at radius 2 is 2.10 bits per heavy atom. The second-order valence-corrected chi connectivity index (χ2v) is 6.27. The number of hydrogen-bond acceptors (Lipinski definition) is 3. The standard InChI is InChI=1S/C15H12BrN3OS/c1-10-8-11(16)4-5-12(10)17-14(20)13-9-21-15(18-13)19-6-2-3-7-19/h2-9H,1H3,(H,17,20). The first kappa shape index (κ1) is 14.0. The molecule has 0 fully saturated rings. The zero-order chi connectivity index (χ0) is 14.8. The lowest BCUT2D eigenvalue weighted by atomic mass is 10.2. The second-order valence-electron chi connectivity index (χ2n) is 4.52. The topological polar surface area (TPSA) is 46.9 Å². The summed E-state index contributed by atoms with van der Waals surface area (Å²) in [5.74, 6) is -0.199. The number of benzene rings is 1. The molecule has 2 heterocycles. The maximum absolute atomic E-state index is 12.2. The molecule has 1 amide bonds. The Kier molecular flexibility index (Phi) is 3.90. The second kappa shape index (κ2) is 5.83. The van der Waals surface area contributed by atoms with Crippen LogP contribution >= 0.6 is 27.3 Å². The molecule has 1 aromatic carbocycles. The maximum Gasteiger partial charge on any atom is 0.275 e. The number of hydrogen-bond donors (Lipinski definition) is 1. The van der Waals surface area contributed by atoms with Gasteiger partial charge in [0.05, 0.1) is 0 Å². The minimum Gasteiger partial charge on any atom is -0.320 e. The van der Waals surface area contributed by atoms with Gasteiger partial charge >= 0.3 is 0 Å². The summed E-state index contributed by atoms with van der Waals surface area (Å²) >= 11 is 4.84. The molecule has 0 unspecified atom stereocenters. The number of nitrogens with one attached hydrogen (secondary N) is 1. The first-order chi connectivity index (χ1) is 10.1. The van der Waals surface area contributed by atoms with Crippen LogP contribution in [0.3, 0.4) is 0 Å². The van der Waals surface area contributed by atoms with Crippen molar-refractivity contribution in [3.63, 3.8) is 0 Å². The van der Waals surface area contributed by atoms with Crippen molar-refractivity contribution >= 4 is 38.9 Å². The predicted molar refractivity (Wildman–Crippen MR) is 88.3 cm³/mol. The molecule has 2 aromatic heterocycles. The summed E-state index contributed by atoms with van der Waals surface area (Å²) in [5, 5.41) is 5.43. The molecule has 0 spiro atoms. The van der Waals surface area contributed by atoms with Crippen LogP contribution < -0.4 is 5.32 Å². The summed E-state index contributed by atoms with van der Waals surface area (Å²) in [6, 6.07) is 9.58. The van der Waals surface area contributed by atoms with Gasteiger partial charge in [-0.2, -0.15) is 0 Å². The van der Waals surface area contributed by atoms with Gasteiger partial charge in [0.1, 0.15) is 5.69 Å². The van der Waals surface area contributed by atoms with Gasteiger partial charge in [0, 0.05) is 27.9 Å². The van der Waals surface area contributed by atoms with Crippen LogP contribution in [0.2, 0.25) is 0 Å². The van der Waals surface area contributed by atoms with E-state index in [2.05, 4.69) is 26.2 Å². The van der Waals surface area contributed by atoms with Crippen LogP contribution in [0.4, 0.5) is 5.69 Å². The molecular weight excluding hydrogens is 350 g/mol. The number of carbonyl (C=O) groups is 1. The Balaban J connectivity index is 1.79. The van der Waals surface area contributed by atoms with Crippen LogP contribution in [-0.2, 0) is 0 Å². The van der Waals surface area contributed by atoms with E-state index in [9.17, 15) is 4.79 Å². The summed E-state index contributed by atoms with van der Waals surface area (Å²) in [7, 11) is 0. The third-order valence-corrected chi connectivity index (χ3v) is 4.33. The first-order valence-electron chi connectivity index (χ1n) is 6.30. The van der Waals surface area contributed by atoms with E-state index in [4.69, 9.17) is 0 Å². The Morgan fingerprint density at radius 1 is 1.33 bits per heavy atom. The quantitative estimate of drug-likeness (QED) is 0.757. The highest BCUT2D eigenvalue weighted by molar-refractivity contribution is 9.10. The number of carbonyl (C=O) groups excluding carboxylic acids is 1. The molecule has 1 N–H and O–H groups in total. The Hall–Kier alpha value is -1.92. The van der Waals surface area contributed by atoms with E-state index >= 15 is 0 Å². The van der Waals surface area contributed by atoms with Gasteiger partial charge in [-0.05, 0) is 42.8 Å². The number of aromatic nitrogens is 2. The first-order valence-corrected chi connectivity index (χ1v) is 7.97. The SMILES string of the molecule is Cc1cc(Br)ccc1NC(=O)c1csc(-n2cccc2)n1. The van der Waals surface area contributed by atoms with E-state index in [0.717, 1.165) is 20.9 Å². The fourth-order valence-corrected chi connectivity index (χ4v) is 3.15. The van der Waals surface area contributed by atoms with Gasteiger partial charge in [-0.15, -0.1) is 11.3 Å². The van der Waals surface area contributed by atoms with Gasteiger partial charge < -0.3 is 9.88 Å². The molecule has 6 heteroatoms. The smallest absolute Gasteiger partial charge is 0.275 e. The molecule has 0 saturated heterocycles. The molecule has 0 bridgehead atoms. The molecule has 0 radical (unpaired) electrons. The molecule has 4 nitrogen and oxygen atoms in total. The van der Waals surface area contributed by atoms with Crippen molar-refractivity contribution in [1.29, 1.82) is 0 Å². The van der Waals surface area contributed by atoms with Crippen LogP contribution in [0.25, 0.3) is 5.13 Å². The number of halogens is 1. The Labute approximate surface area is 134 Å². The van der Waals surface area contributed by atoms with E-state index in [1.807, 2.05) is 54.2 Å². The Bertz CT molecular complexity index is 780. The van der Waals surface area contributed by atoms with Gasteiger partial charge in [0.25, 0.3) is 5.91 Å². The highest BCUT2D eigenvalue weighted by Crippen LogP contribution is 2.21. The summed E-state index contributed by atoms with van der Waals surface area (Å²) in [5.41, 5.74) is 2.21. The average molecular weight is 362 g/mol. The maximum atomic E-state index is 12.2. The van der Waals surface area contributed by atoms with Crippen LogP contribution in [-0.4, -0.2) is 15.5 Å². The molecule has 106 valence electrons. The highest BCUT2D eigenvalue weighted by atomic mass is 79.9. The molecule has 0 aliphatic heterocycles. The third kappa shape index (κ3) is 3.06. The summed E-state index contributed by atoms with van der Waals surface area (Å²) < 4.78 is 2.87. The molecule has 21 heavy (non-hydrogen) atoms. The summed E-state index contributed by atoms with van der Waals surface area (Å²) in [6.45, 7) is 1.95. The zero-order valence-electron chi connectivity index (χ0n) is 11.2. The van der Waals surface area contributed by atoms with Gasteiger partial charge in [0.15, 0.2) is 5.13 Å². The lowest BCUT2D eigenvalue weighted by molar-refractivity contribution is 0.102. The lowest BCUT2D eigenvalue weighted by Gasteiger charge is -2.07. The fraction of sp³-hybridized carbons (Fsp3) is 0.0667. The van der Waals surface area contributed by atoms with Gasteiger partial charge in [0.2, 0.25) is 0 Å². The van der Waals surface area contributed by atoms with Crippen LogP contribution in [0.5, 0.6) is 0 Å². The van der Waals surface area contributed by atoms with Crippen molar-refractivity contribution in [3.05, 3.63) is 63.8 Å². The molecule has 0 saturated carbocycles. The normalized spacial score (nSPS) is 10.6. The molecular formula is C15H12BrN3OS. The monoisotopic (exact) mass is 361 g/mol. The van der Waals surface area contributed by atoms with Crippen LogP contribution in [0, 0.1) is 6.92 Å². The number of thiazole rings is 1. The zero-order valence-corrected chi connectivity index (χ0v) is 13.6.